The molecule has 1 unspecified atom stereocenters. The molecule has 3 rings (SSSR count). The van der Waals surface area contributed by atoms with Crippen molar-refractivity contribution in [3.63, 3.8) is 0 Å². The summed E-state index contributed by atoms with van der Waals surface area (Å²) in [5.74, 6) is -0.482. The third kappa shape index (κ3) is 1.49. The molecule has 0 saturated heterocycles. The van der Waals surface area contributed by atoms with Crippen LogP contribution in [0.25, 0.3) is 0 Å². The predicted molar refractivity (Wildman–Crippen MR) is 66.4 cm³/mol. The summed E-state index contributed by atoms with van der Waals surface area (Å²) in [6.07, 6.45) is 3.78. The number of aryl methyl sites for hydroxylation is 1. The van der Waals surface area contributed by atoms with Crippen molar-refractivity contribution in [3.8, 4) is 0 Å². The summed E-state index contributed by atoms with van der Waals surface area (Å²) in [7, 11) is 0. The number of fused-ring (bicyclic) bond motifs is 1. The number of nitrogens with two attached hydrogens (primary N) is 1. The van der Waals surface area contributed by atoms with E-state index >= 15 is 0 Å². The summed E-state index contributed by atoms with van der Waals surface area (Å²) in [5.41, 5.74) is 7.11. The van der Waals surface area contributed by atoms with Crippen LogP contribution in [-0.4, -0.2) is 10.1 Å². The number of halogens is 1. The van der Waals surface area contributed by atoms with Crippen molar-refractivity contribution in [2.75, 3.05) is 5.73 Å². The van der Waals surface area contributed by atoms with Gasteiger partial charge in [-0.2, -0.15) is 0 Å². The van der Waals surface area contributed by atoms with E-state index in [-0.39, 0.29) is 5.56 Å². The van der Waals surface area contributed by atoms with Crippen LogP contribution >= 0.6 is 0 Å². The molecule has 1 atom stereocenters. The summed E-state index contributed by atoms with van der Waals surface area (Å²) in [5, 5.41) is 10.8. The summed E-state index contributed by atoms with van der Waals surface area (Å²) in [6, 6.07) is 6.87. The van der Waals surface area contributed by atoms with Crippen molar-refractivity contribution < 1.29 is 9.50 Å². The van der Waals surface area contributed by atoms with Gasteiger partial charge in [-0.15, -0.1) is 0 Å². The molecule has 0 radical (unpaired) electrons. The fraction of sp³-hybridized carbons (Fsp3) is 0.214. The Kier molecular flexibility index (Phi) is 2.35. The highest BCUT2D eigenvalue weighted by Gasteiger charge is 2.40. The lowest BCUT2D eigenvalue weighted by molar-refractivity contribution is 0.0787. The molecule has 92 valence electrons. The highest BCUT2D eigenvalue weighted by atomic mass is 19.1. The monoisotopic (exact) mass is 244 g/mol. The van der Waals surface area contributed by atoms with Crippen LogP contribution in [0.3, 0.4) is 0 Å². The van der Waals surface area contributed by atoms with Crippen LogP contribution in [-0.2, 0) is 12.0 Å². The van der Waals surface area contributed by atoms with Crippen molar-refractivity contribution in [3.05, 3.63) is 59.2 Å². The second-order valence-corrected chi connectivity index (χ2v) is 4.63. The van der Waals surface area contributed by atoms with Crippen molar-refractivity contribution in [2.45, 2.75) is 18.4 Å². The number of rotatable bonds is 1. The van der Waals surface area contributed by atoms with Gasteiger partial charge in [0, 0.05) is 17.4 Å². The van der Waals surface area contributed by atoms with Gasteiger partial charge >= 0.3 is 0 Å². The second-order valence-electron chi connectivity index (χ2n) is 4.63. The molecule has 1 aliphatic rings. The Morgan fingerprint density at radius 1 is 1.28 bits per heavy atom. The quantitative estimate of drug-likeness (QED) is 0.754. The molecule has 4 heteroatoms. The first-order chi connectivity index (χ1) is 8.61. The lowest BCUT2D eigenvalue weighted by Crippen LogP contribution is -2.25. The standard InChI is InChI=1S/C14H13FN2O/c15-13-8-17-6-4-12(13)14(18)5-3-9-7-10(16)1-2-11(9)14/h1-2,4,6-8,18H,3,5,16H2. The van der Waals surface area contributed by atoms with Gasteiger partial charge < -0.3 is 10.8 Å². The maximum atomic E-state index is 13.8. The number of benzene rings is 1. The van der Waals surface area contributed by atoms with Gasteiger partial charge in [0.25, 0.3) is 0 Å². The lowest BCUT2D eigenvalue weighted by atomic mass is 9.88. The van der Waals surface area contributed by atoms with E-state index in [1.165, 1.54) is 12.3 Å². The highest BCUT2D eigenvalue weighted by molar-refractivity contribution is 5.52. The first-order valence-corrected chi connectivity index (χ1v) is 5.82. The maximum absolute atomic E-state index is 13.8. The van der Waals surface area contributed by atoms with Gasteiger partial charge in [0.1, 0.15) is 11.4 Å². The van der Waals surface area contributed by atoms with Gasteiger partial charge in [-0.25, -0.2) is 4.39 Å². The number of anilines is 1. The van der Waals surface area contributed by atoms with Crippen LogP contribution < -0.4 is 5.73 Å². The van der Waals surface area contributed by atoms with Crippen LogP contribution in [0.1, 0.15) is 23.1 Å². The Hall–Kier alpha value is -1.94. The Labute approximate surface area is 104 Å². The molecule has 0 aliphatic heterocycles. The molecule has 1 heterocycles. The number of hydrogen-bond acceptors (Lipinski definition) is 3. The molecule has 0 fully saturated rings. The Morgan fingerprint density at radius 3 is 2.89 bits per heavy atom. The topological polar surface area (TPSA) is 59.1 Å². The third-order valence-corrected chi connectivity index (χ3v) is 3.55. The molecule has 3 N–H and O–H groups in total. The summed E-state index contributed by atoms with van der Waals surface area (Å²) in [4.78, 5) is 3.71. The van der Waals surface area contributed by atoms with Gasteiger partial charge in [0.15, 0.2) is 0 Å². The van der Waals surface area contributed by atoms with Crippen LogP contribution in [0.4, 0.5) is 10.1 Å². The number of nitrogen functional groups attached to an aromatic ring is 1. The Bertz CT molecular complexity index is 614. The molecule has 1 aromatic carbocycles. The van der Waals surface area contributed by atoms with Gasteiger partial charge in [-0.1, -0.05) is 6.07 Å². The minimum Gasteiger partial charge on any atom is -0.399 e. The first-order valence-electron chi connectivity index (χ1n) is 5.82. The van der Waals surface area contributed by atoms with E-state index in [0.29, 0.717) is 18.5 Å². The SMILES string of the molecule is Nc1ccc2c(c1)CCC2(O)c1ccncc1F. The highest BCUT2D eigenvalue weighted by Crippen LogP contribution is 2.43. The molecule has 1 aromatic heterocycles. The number of nitrogens with zero attached hydrogens (tertiary/aromatic N) is 1. The summed E-state index contributed by atoms with van der Waals surface area (Å²) < 4.78 is 13.8. The largest absolute Gasteiger partial charge is 0.399 e. The zero-order valence-corrected chi connectivity index (χ0v) is 9.73. The number of aromatic nitrogens is 1. The molecule has 18 heavy (non-hydrogen) atoms. The first kappa shape index (κ1) is 11.2. The Morgan fingerprint density at radius 2 is 2.11 bits per heavy atom. The lowest BCUT2D eigenvalue weighted by Gasteiger charge is -2.25. The zero-order valence-electron chi connectivity index (χ0n) is 9.73. The average Bonchev–Trinajstić information content (AvgIpc) is 2.68. The van der Waals surface area contributed by atoms with Gasteiger partial charge in [0.2, 0.25) is 0 Å². The van der Waals surface area contributed by atoms with E-state index in [0.717, 1.165) is 17.3 Å². The van der Waals surface area contributed by atoms with Crippen LogP contribution in [0.15, 0.2) is 36.7 Å². The van der Waals surface area contributed by atoms with Crippen LogP contribution in [0.5, 0.6) is 0 Å². The minimum absolute atomic E-state index is 0.279. The zero-order chi connectivity index (χ0) is 12.8. The molecular weight excluding hydrogens is 231 g/mol. The van der Waals surface area contributed by atoms with Gasteiger partial charge in [0.05, 0.1) is 6.20 Å². The molecule has 1 aliphatic carbocycles. The smallest absolute Gasteiger partial charge is 0.147 e. The maximum Gasteiger partial charge on any atom is 0.147 e. The predicted octanol–water partition coefficient (Wildman–Crippen LogP) is 1.98. The fourth-order valence-electron chi connectivity index (χ4n) is 2.66. The van der Waals surface area contributed by atoms with E-state index in [1.807, 2.05) is 6.07 Å². The van der Waals surface area contributed by atoms with E-state index < -0.39 is 11.4 Å². The van der Waals surface area contributed by atoms with Gasteiger partial charge in [-0.3, -0.25) is 4.98 Å². The van der Waals surface area contributed by atoms with Gasteiger partial charge in [-0.05, 0) is 42.2 Å². The van der Waals surface area contributed by atoms with E-state index in [4.69, 9.17) is 5.73 Å². The van der Waals surface area contributed by atoms with Crippen LogP contribution in [0, 0.1) is 5.82 Å². The minimum atomic E-state index is -1.27. The van der Waals surface area contributed by atoms with Crippen molar-refractivity contribution in [1.82, 2.24) is 4.98 Å². The summed E-state index contributed by atoms with van der Waals surface area (Å²) in [6.45, 7) is 0. The Balaban J connectivity index is 2.18. The molecule has 0 saturated carbocycles. The van der Waals surface area contributed by atoms with Crippen molar-refractivity contribution >= 4 is 5.69 Å². The molecular formula is C14H13FN2O. The molecule has 3 nitrogen and oxygen atoms in total. The number of pyridine rings is 1. The molecule has 2 aromatic rings. The normalized spacial score (nSPS) is 21.9. The second kappa shape index (κ2) is 3.78. The number of hydrogen-bond donors (Lipinski definition) is 2. The average molecular weight is 244 g/mol. The van der Waals surface area contributed by atoms with Crippen molar-refractivity contribution in [1.29, 1.82) is 0 Å². The molecule has 0 bridgehead atoms. The van der Waals surface area contributed by atoms with E-state index in [1.54, 1.807) is 12.1 Å². The fourth-order valence-corrected chi connectivity index (χ4v) is 2.66. The van der Waals surface area contributed by atoms with E-state index in [9.17, 15) is 9.50 Å². The van der Waals surface area contributed by atoms with E-state index in [2.05, 4.69) is 4.98 Å². The third-order valence-electron chi connectivity index (χ3n) is 3.55. The molecule has 0 amide bonds. The van der Waals surface area contributed by atoms with Crippen LogP contribution in [0.2, 0.25) is 0 Å². The number of aliphatic hydroxyl groups is 1. The van der Waals surface area contributed by atoms with Crippen molar-refractivity contribution in [2.24, 2.45) is 0 Å². The molecule has 0 spiro atoms. The summed E-state index contributed by atoms with van der Waals surface area (Å²) >= 11 is 0.